The number of carbonyl (C=O) groups excluding carboxylic acids is 2. The van der Waals surface area contributed by atoms with Crippen LogP contribution < -0.4 is 0 Å². The van der Waals surface area contributed by atoms with Crippen molar-refractivity contribution in [3.8, 4) is 0 Å². The van der Waals surface area contributed by atoms with E-state index >= 15 is 0 Å². The van der Waals surface area contributed by atoms with Gasteiger partial charge in [0.05, 0.1) is 10.8 Å². The fourth-order valence-electron chi connectivity index (χ4n) is 1.72. The highest BCUT2D eigenvalue weighted by molar-refractivity contribution is 7.12. The average molecular weight is 238 g/mol. The maximum Gasteiger partial charge on any atom is 0.263 e. The fourth-order valence-corrected chi connectivity index (χ4v) is 2.41. The molecule has 1 fully saturated rings. The standard InChI is InChI=1S/C11H14N2O2S/c1-12(2)10(14)8-6-13(7-8)11(15)9-4-3-5-16-9/h3-5,8H,6-7H2,1-2H3. The van der Waals surface area contributed by atoms with E-state index in [2.05, 4.69) is 0 Å². The molecule has 16 heavy (non-hydrogen) atoms. The van der Waals surface area contributed by atoms with E-state index < -0.39 is 0 Å². The van der Waals surface area contributed by atoms with Crippen molar-refractivity contribution in [3.05, 3.63) is 22.4 Å². The summed E-state index contributed by atoms with van der Waals surface area (Å²) in [6.45, 7) is 1.10. The van der Waals surface area contributed by atoms with E-state index in [-0.39, 0.29) is 17.7 Å². The molecule has 86 valence electrons. The van der Waals surface area contributed by atoms with Crippen molar-refractivity contribution in [2.45, 2.75) is 0 Å². The van der Waals surface area contributed by atoms with Crippen LogP contribution in [0, 0.1) is 5.92 Å². The highest BCUT2D eigenvalue weighted by Gasteiger charge is 2.36. The molecule has 5 heteroatoms. The zero-order valence-electron chi connectivity index (χ0n) is 9.34. The van der Waals surface area contributed by atoms with Crippen LogP contribution in [0.2, 0.25) is 0 Å². The third-order valence-electron chi connectivity index (χ3n) is 2.69. The van der Waals surface area contributed by atoms with Gasteiger partial charge in [0.15, 0.2) is 0 Å². The van der Waals surface area contributed by atoms with Crippen molar-refractivity contribution in [3.63, 3.8) is 0 Å². The van der Waals surface area contributed by atoms with Gasteiger partial charge in [-0.1, -0.05) is 6.07 Å². The molecule has 1 aliphatic heterocycles. The van der Waals surface area contributed by atoms with Crippen molar-refractivity contribution in [2.75, 3.05) is 27.2 Å². The van der Waals surface area contributed by atoms with Gasteiger partial charge in [-0.3, -0.25) is 9.59 Å². The van der Waals surface area contributed by atoms with Gasteiger partial charge in [-0.25, -0.2) is 0 Å². The summed E-state index contributed by atoms with van der Waals surface area (Å²) in [7, 11) is 3.48. The molecular weight excluding hydrogens is 224 g/mol. The van der Waals surface area contributed by atoms with Gasteiger partial charge in [0, 0.05) is 27.2 Å². The van der Waals surface area contributed by atoms with E-state index in [1.54, 1.807) is 23.9 Å². The number of carbonyl (C=O) groups is 2. The normalized spacial score (nSPS) is 15.8. The van der Waals surface area contributed by atoms with E-state index in [4.69, 9.17) is 0 Å². The van der Waals surface area contributed by atoms with Gasteiger partial charge in [0.1, 0.15) is 0 Å². The summed E-state index contributed by atoms with van der Waals surface area (Å²) in [6, 6.07) is 3.67. The molecule has 1 aromatic rings. The molecule has 0 radical (unpaired) electrons. The number of nitrogens with zero attached hydrogens (tertiary/aromatic N) is 2. The summed E-state index contributed by atoms with van der Waals surface area (Å²) in [6.07, 6.45) is 0. The van der Waals surface area contributed by atoms with Crippen LogP contribution in [0.1, 0.15) is 9.67 Å². The molecule has 1 aromatic heterocycles. The zero-order chi connectivity index (χ0) is 11.7. The zero-order valence-corrected chi connectivity index (χ0v) is 10.2. The lowest BCUT2D eigenvalue weighted by Crippen LogP contribution is -2.55. The minimum atomic E-state index is -0.0149. The van der Waals surface area contributed by atoms with Crippen LogP contribution in [-0.2, 0) is 4.79 Å². The van der Waals surface area contributed by atoms with Crippen molar-refractivity contribution in [2.24, 2.45) is 5.92 Å². The lowest BCUT2D eigenvalue weighted by atomic mass is 9.98. The maximum absolute atomic E-state index is 11.8. The molecule has 0 atom stereocenters. The van der Waals surface area contributed by atoms with Crippen LogP contribution >= 0.6 is 11.3 Å². The Balaban J connectivity index is 1.89. The van der Waals surface area contributed by atoms with Crippen LogP contribution in [0.15, 0.2) is 17.5 Å². The molecule has 0 spiro atoms. The van der Waals surface area contributed by atoms with Crippen LogP contribution in [0.4, 0.5) is 0 Å². The van der Waals surface area contributed by atoms with Crippen LogP contribution in [0.3, 0.4) is 0 Å². The van der Waals surface area contributed by atoms with Gasteiger partial charge < -0.3 is 9.80 Å². The Kier molecular flexibility index (Phi) is 2.96. The van der Waals surface area contributed by atoms with Gasteiger partial charge in [0.2, 0.25) is 5.91 Å². The number of thiophene rings is 1. The lowest BCUT2D eigenvalue weighted by molar-refractivity contribution is -0.137. The van der Waals surface area contributed by atoms with Crippen molar-refractivity contribution in [1.29, 1.82) is 0 Å². The maximum atomic E-state index is 11.8. The van der Waals surface area contributed by atoms with Crippen molar-refractivity contribution >= 4 is 23.2 Å². The van der Waals surface area contributed by atoms with Gasteiger partial charge >= 0.3 is 0 Å². The predicted octanol–water partition coefficient (Wildman–Crippen LogP) is 0.908. The smallest absolute Gasteiger partial charge is 0.263 e. The summed E-state index contributed by atoms with van der Waals surface area (Å²) in [5.41, 5.74) is 0. The Hall–Kier alpha value is -1.36. The predicted molar refractivity (Wildman–Crippen MR) is 62.4 cm³/mol. The quantitative estimate of drug-likeness (QED) is 0.768. The second-order valence-electron chi connectivity index (χ2n) is 4.12. The molecule has 2 amide bonds. The van der Waals surface area contributed by atoms with Gasteiger partial charge in [-0.05, 0) is 11.4 Å². The Morgan fingerprint density at radius 1 is 1.44 bits per heavy atom. The summed E-state index contributed by atoms with van der Waals surface area (Å²) in [5, 5.41) is 1.88. The monoisotopic (exact) mass is 238 g/mol. The van der Waals surface area contributed by atoms with E-state index in [9.17, 15) is 9.59 Å². The topological polar surface area (TPSA) is 40.6 Å². The average Bonchev–Trinajstić information content (AvgIpc) is 2.67. The minimum absolute atomic E-state index is 0.0149. The van der Waals surface area contributed by atoms with Crippen LogP contribution in [0.25, 0.3) is 0 Å². The first-order chi connectivity index (χ1) is 7.59. The van der Waals surface area contributed by atoms with Crippen molar-refractivity contribution < 1.29 is 9.59 Å². The number of rotatable bonds is 2. The van der Waals surface area contributed by atoms with E-state index in [1.807, 2.05) is 17.5 Å². The molecule has 4 nitrogen and oxygen atoms in total. The second-order valence-corrected chi connectivity index (χ2v) is 5.06. The van der Waals surface area contributed by atoms with Crippen LogP contribution in [0.5, 0.6) is 0 Å². The largest absolute Gasteiger partial charge is 0.348 e. The molecular formula is C11H14N2O2S. The highest BCUT2D eigenvalue weighted by Crippen LogP contribution is 2.21. The second kappa shape index (κ2) is 4.25. The number of hydrogen-bond donors (Lipinski definition) is 0. The molecule has 0 saturated carbocycles. The highest BCUT2D eigenvalue weighted by atomic mass is 32.1. The summed E-state index contributed by atoms with van der Waals surface area (Å²) < 4.78 is 0. The van der Waals surface area contributed by atoms with E-state index in [0.717, 1.165) is 4.88 Å². The first-order valence-corrected chi connectivity index (χ1v) is 6.01. The Bertz CT molecular complexity index is 394. The van der Waals surface area contributed by atoms with E-state index in [0.29, 0.717) is 13.1 Å². The number of likely N-dealkylation sites (tertiary alicyclic amines) is 1. The Morgan fingerprint density at radius 2 is 2.12 bits per heavy atom. The van der Waals surface area contributed by atoms with E-state index in [1.165, 1.54) is 11.3 Å². The molecule has 2 heterocycles. The fraction of sp³-hybridized carbons (Fsp3) is 0.455. The van der Waals surface area contributed by atoms with Crippen molar-refractivity contribution in [1.82, 2.24) is 9.80 Å². The summed E-state index contributed by atoms with van der Waals surface area (Å²) in [4.78, 5) is 27.5. The molecule has 1 aliphatic rings. The molecule has 0 unspecified atom stereocenters. The van der Waals surface area contributed by atoms with Gasteiger partial charge in [-0.2, -0.15) is 0 Å². The molecule has 0 N–H and O–H groups in total. The SMILES string of the molecule is CN(C)C(=O)C1CN(C(=O)c2cccs2)C1. The third-order valence-corrected chi connectivity index (χ3v) is 3.55. The third kappa shape index (κ3) is 1.95. The number of amides is 2. The first-order valence-electron chi connectivity index (χ1n) is 5.13. The molecule has 1 saturated heterocycles. The molecule has 0 aromatic carbocycles. The minimum Gasteiger partial charge on any atom is -0.348 e. The Labute approximate surface area is 98.5 Å². The first kappa shape index (κ1) is 11.1. The van der Waals surface area contributed by atoms with Gasteiger partial charge in [0.25, 0.3) is 5.91 Å². The molecule has 0 bridgehead atoms. The Morgan fingerprint density at radius 3 is 2.62 bits per heavy atom. The van der Waals surface area contributed by atoms with Crippen LogP contribution in [-0.4, -0.2) is 48.8 Å². The van der Waals surface area contributed by atoms with Gasteiger partial charge in [-0.15, -0.1) is 11.3 Å². The summed E-state index contributed by atoms with van der Waals surface area (Å²) >= 11 is 1.44. The lowest BCUT2D eigenvalue weighted by Gasteiger charge is -2.39. The number of hydrogen-bond acceptors (Lipinski definition) is 3. The molecule has 2 rings (SSSR count). The molecule has 0 aliphatic carbocycles. The summed E-state index contributed by atoms with van der Waals surface area (Å²) in [5.74, 6) is 0.131.